The first-order chi connectivity index (χ1) is 8.56. The van der Waals surface area contributed by atoms with Gasteiger partial charge in [-0.2, -0.15) is 0 Å². The maximum atomic E-state index is 12.1. The Morgan fingerprint density at radius 1 is 1.22 bits per heavy atom. The molecule has 92 valence electrons. The summed E-state index contributed by atoms with van der Waals surface area (Å²) in [4.78, 5) is 12.1. The molecular weight excluding hydrogens is 294 g/mol. The SMILES string of the molecule is Cc1ccc(Br)cc1C(=O)Nc1cccc(O)c1. The summed E-state index contributed by atoms with van der Waals surface area (Å²) in [5.74, 6) is -0.0711. The van der Waals surface area contributed by atoms with Crippen molar-refractivity contribution in [1.82, 2.24) is 0 Å². The van der Waals surface area contributed by atoms with Gasteiger partial charge in [0.1, 0.15) is 5.75 Å². The van der Waals surface area contributed by atoms with Crippen LogP contribution >= 0.6 is 15.9 Å². The number of phenolic OH excluding ortho intramolecular Hbond substituents is 1. The lowest BCUT2D eigenvalue weighted by Gasteiger charge is -2.08. The van der Waals surface area contributed by atoms with Crippen molar-refractivity contribution in [1.29, 1.82) is 0 Å². The minimum absolute atomic E-state index is 0.124. The van der Waals surface area contributed by atoms with Crippen molar-refractivity contribution in [3.8, 4) is 5.75 Å². The molecular formula is C14H12BrNO2. The predicted octanol–water partition coefficient (Wildman–Crippen LogP) is 3.72. The zero-order valence-electron chi connectivity index (χ0n) is 9.77. The molecule has 2 aromatic carbocycles. The van der Waals surface area contributed by atoms with Gasteiger partial charge in [-0.05, 0) is 36.8 Å². The molecule has 0 heterocycles. The average Bonchev–Trinajstić information content (AvgIpc) is 2.32. The van der Waals surface area contributed by atoms with Crippen LogP contribution in [0, 0.1) is 6.92 Å². The van der Waals surface area contributed by atoms with Crippen LogP contribution in [0.2, 0.25) is 0 Å². The Balaban J connectivity index is 2.24. The van der Waals surface area contributed by atoms with E-state index in [0.717, 1.165) is 10.0 Å². The van der Waals surface area contributed by atoms with Crippen LogP contribution in [-0.4, -0.2) is 11.0 Å². The van der Waals surface area contributed by atoms with Gasteiger partial charge in [-0.15, -0.1) is 0 Å². The second-order valence-electron chi connectivity index (χ2n) is 3.96. The highest BCUT2D eigenvalue weighted by Crippen LogP contribution is 2.19. The van der Waals surface area contributed by atoms with Crippen molar-refractivity contribution in [3.05, 3.63) is 58.1 Å². The minimum atomic E-state index is -0.195. The topological polar surface area (TPSA) is 49.3 Å². The van der Waals surface area contributed by atoms with Crippen LogP contribution in [0.4, 0.5) is 5.69 Å². The Labute approximate surface area is 114 Å². The fourth-order valence-corrected chi connectivity index (χ4v) is 1.98. The lowest BCUT2D eigenvalue weighted by atomic mass is 10.1. The van der Waals surface area contributed by atoms with Crippen LogP contribution in [0.1, 0.15) is 15.9 Å². The number of aryl methyl sites for hydroxylation is 1. The highest BCUT2D eigenvalue weighted by Gasteiger charge is 2.09. The number of amides is 1. The molecule has 0 bridgehead atoms. The standard InChI is InChI=1S/C14H12BrNO2/c1-9-5-6-10(15)7-13(9)14(18)16-11-3-2-4-12(17)8-11/h2-8,17H,1H3,(H,16,18). The van der Waals surface area contributed by atoms with Crippen LogP contribution in [0.15, 0.2) is 46.9 Å². The van der Waals surface area contributed by atoms with E-state index >= 15 is 0 Å². The van der Waals surface area contributed by atoms with Gasteiger partial charge in [0.2, 0.25) is 0 Å². The van der Waals surface area contributed by atoms with Gasteiger partial charge >= 0.3 is 0 Å². The maximum Gasteiger partial charge on any atom is 0.255 e. The summed E-state index contributed by atoms with van der Waals surface area (Å²) >= 11 is 3.34. The van der Waals surface area contributed by atoms with Crippen molar-refractivity contribution < 1.29 is 9.90 Å². The highest BCUT2D eigenvalue weighted by molar-refractivity contribution is 9.10. The molecule has 1 amide bonds. The van der Waals surface area contributed by atoms with E-state index in [9.17, 15) is 9.90 Å². The number of nitrogens with one attached hydrogen (secondary N) is 1. The molecule has 0 atom stereocenters. The van der Waals surface area contributed by atoms with Crippen LogP contribution in [0.5, 0.6) is 5.75 Å². The van der Waals surface area contributed by atoms with E-state index in [1.807, 2.05) is 19.1 Å². The lowest BCUT2D eigenvalue weighted by molar-refractivity contribution is 0.102. The van der Waals surface area contributed by atoms with E-state index in [4.69, 9.17) is 0 Å². The number of halogens is 1. The molecule has 0 aliphatic rings. The molecule has 0 saturated carbocycles. The van der Waals surface area contributed by atoms with E-state index in [-0.39, 0.29) is 11.7 Å². The van der Waals surface area contributed by atoms with Gasteiger partial charge in [-0.1, -0.05) is 28.1 Å². The summed E-state index contributed by atoms with van der Waals surface area (Å²) in [6.07, 6.45) is 0. The molecule has 3 nitrogen and oxygen atoms in total. The normalized spacial score (nSPS) is 10.1. The second-order valence-corrected chi connectivity index (χ2v) is 4.88. The van der Waals surface area contributed by atoms with E-state index in [0.29, 0.717) is 11.3 Å². The summed E-state index contributed by atoms with van der Waals surface area (Å²) in [7, 11) is 0. The van der Waals surface area contributed by atoms with E-state index in [1.165, 1.54) is 6.07 Å². The smallest absolute Gasteiger partial charge is 0.255 e. The molecule has 18 heavy (non-hydrogen) atoms. The zero-order chi connectivity index (χ0) is 13.1. The van der Waals surface area contributed by atoms with Crippen molar-refractivity contribution in [3.63, 3.8) is 0 Å². The number of carbonyl (C=O) groups excluding carboxylic acids is 1. The maximum absolute atomic E-state index is 12.1. The molecule has 0 radical (unpaired) electrons. The molecule has 2 rings (SSSR count). The van der Waals surface area contributed by atoms with Crippen LogP contribution < -0.4 is 5.32 Å². The first-order valence-electron chi connectivity index (χ1n) is 5.43. The molecule has 4 heteroatoms. The quantitative estimate of drug-likeness (QED) is 0.888. The summed E-state index contributed by atoms with van der Waals surface area (Å²) in [5, 5.41) is 12.1. The van der Waals surface area contributed by atoms with Crippen molar-refractivity contribution in [2.24, 2.45) is 0 Å². The number of rotatable bonds is 2. The van der Waals surface area contributed by atoms with Gasteiger partial charge in [-0.3, -0.25) is 4.79 Å². The summed E-state index contributed by atoms with van der Waals surface area (Å²) in [6.45, 7) is 1.88. The largest absolute Gasteiger partial charge is 0.508 e. The number of hydrogen-bond acceptors (Lipinski definition) is 2. The minimum Gasteiger partial charge on any atom is -0.508 e. The van der Waals surface area contributed by atoms with Crippen LogP contribution in [-0.2, 0) is 0 Å². The van der Waals surface area contributed by atoms with Gasteiger partial charge in [0.25, 0.3) is 5.91 Å². The third-order valence-electron chi connectivity index (χ3n) is 2.55. The molecule has 2 N–H and O–H groups in total. The fraction of sp³-hybridized carbons (Fsp3) is 0.0714. The van der Waals surface area contributed by atoms with Crippen molar-refractivity contribution >= 4 is 27.5 Å². The fourth-order valence-electron chi connectivity index (χ4n) is 1.62. The molecule has 0 saturated heterocycles. The number of carbonyl (C=O) groups is 1. The number of hydrogen-bond donors (Lipinski definition) is 2. The molecule has 0 aliphatic carbocycles. The predicted molar refractivity (Wildman–Crippen MR) is 74.9 cm³/mol. The Hall–Kier alpha value is -1.81. The van der Waals surface area contributed by atoms with Crippen LogP contribution in [0.25, 0.3) is 0 Å². The average molecular weight is 306 g/mol. The van der Waals surface area contributed by atoms with E-state index in [1.54, 1.807) is 24.3 Å². The van der Waals surface area contributed by atoms with Gasteiger partial charge in [0.05, 0.1) is 0 Å². The van der Waals surface area contributed by atoms with Crippen molar-refractivity contribution in [2.45, 2.75) is 6.92 Å². The van der Waals surface area contributed by atoms with E-state index < -0.39 is 0 Å². The van der Waals surface area contributed by atoms with Crippen LogP contribution in [0.3, 0.4) is 0 Å². The van der Waals surface area contributed by atoms with Gasteiger partial charge in [0.15, 0.2) is 0 Å². The van der Waals surface area contributed by atoms with Gasteiger partial charge in [0, 0.05) is 21.8 Å². The lowest BCUT2D eigenvalue weighted by Crippen LogP contribution is -2.13. The van der Waals surface area contributed by atoms with Gasteiger partial charge in [-0.25, -0.2) is 0 Å². The Bertz CT molecular complexity index is 596. The Morgan fingerprint density at radius 2 is 2.00 bits per heavy atom. The first kappa shape index (κ1) is 12.6. The molecule has 2 aromatic rings. The zero-order valence-corrected chi connectivity index (χ0v) is 11.4. The Morgan fingerprint density at radius 3 is 2.72 bits per heavy atom. The molecule has 0 aromatic heterocycles. The number of benzene rings is 2. The number of aromatic hydroxyl groups is 1. The highest BCUT2D eigenvalue weighted by atomic mass is 79.9. The molecule has 0 unspecified atom stereocenters. The third kappa shape index (κ3) is 2.90. The summed E-state index contributed by atoms with van der Waals surface area (Å²) in [6, 6.07) is 12.0. The Kier molecular flexibility index (Phi) is 3.67. The van der Waals surface area contributed by atoms with Gasteiger partial charge < -0.3 is 10.4 Å². The van der Waals surface area contributed by atoms with E-state index in [2.05, 4.69) is 21.2 Å². The number of phenols is 1. The van der Waals surface area contributed by atoms with Crippen molar-refractivity contribution in [2.75, 3.05) is 5.32 Å². The summed E-state index contributed by atoms with van der Waals surface area (Å²) < 4.78 is 0.856. The molecule has 0 fully saturated rings. The third-order valence-corrected chi connectivity index (χ3v) is 3.04. The second kappa shape index (κ2) is 5.23. The molecule has 0 aliphatic heterocycles. The molecule has 0 spiro atoms. The first-order valence-corrected chi connectivity index (χ1v) is 6.22. The monoisotopic (exact) mass is 305 g/mol. The number of anilines is 1. The summed E-state index contributed by atoms with van der Waals surface area (Å²) in [5.41, 5.74) is 2.07.